The van der Waals surface area contributed by atoms with Gasteiger partial charge in [-0.2, -0.15) is 0 Å². The summed E-state index contributed by atoms with van der Waals surface area (Å²) in [7, 11) is -3.88. The second kappa shape index (κ2) is 12.9. The largest absolute Gasteiger partial charge is 0.352 e. The Balaban J connectivity index is 2.09. The summed E-state index contributed by atoms with van der Waals surface area (Å²) in [5.41, 5.74) is 2.99. The van der Waals surface area contributed by atoms with Crippen LogP contribution < -0.4 is 9.62 Å². The average molecular weight is 554 g/mol. The maximum absolute atomic E-state index is 14.8. The molecule has 0 aliphatic rings. The number of nitrogens with zero attached hydrogens (tertiary/aromatic N) is 2. The molecule has 0 bridgehead atoms. The zero-order valence-corrected chi connectivity index (χ0v) is 23.8. The van der Waals surface area contributed by atoms with E-state index < -0.39 is 40.2 Å². The Kier molecular flexibility index (Phi) is 9.86. The van der Waals surface area contributed by atoms with Crippen molar-refractivity contribution in [2.75, 3.05) is 17.1 Å². The van der Waals surface area contributed by atoms with Crippen molar-refractivity contribution >= 4 is 27.5 Å². The Morgan fingerprint density at radius 1 is 0.923 bits per heavy atom. The van der Waals surface area contributed by atoms with E-state index in [1.807, 2.05) is 57.2 Å². The first-order chi connectivity index (χ1) is 18.4. The van der Waals surface area contributed by atoms with Gasteiger partial charge >= 0.3 is 0 Å². The van der Waals surface area contributed by atoms with Gasteiger partial charge in [0.15, 0.2) is 0 Å². The van der Waals surface area contributed by atoms with Crippen LogP contribution in [-0.4, -0.2) is 50.0 Å². The molecule has 1 unspecified atom stereocenters. The quantitative estimate of drug-likeness (QED) is 0.382. The SMILES string of the molecule is Cc1cccc(N(CC(=O)N(Cc2ccccc2F)C(Cc2ccccc2)C(=O)NC(C)C)S(C)(=O)=O)c1C. The molecule has 3 rings (SSSR count). The molecule has 9 heteroatoms. The standard InChI is InChI=1S/C30H36FN3O4S/c1-21(2)32-30(36)28(18-24-13-7-6-8-14-24)33(19-25-15-9-10-16-26(25)31)29(35)20-34(39(5,37)38)27-17-11-12-22(3)23(27)4/h6-17,21,28H,18-20H2,1-5H3,(H,32,36). The summed E-state index contributed by atoms with van der Waals surface area (Å²) < 4.78 is 41.7. The summed E-state index contributed by atoms with van der Waals surface area (Å²) in [6, 6.07) is 19.3. The lowest BCUT2D eigenvalue weighted by Gasteiger charge is -2.34. The number of sulfonamides is 1. The van der Waals surface area contributed by atoms with E-state index in [1.165, 1.54) is 11.0 Å². The second-order valence-electron chi connectivity index (χ2n) is 9.97. The number of anilines is 1. The van der Waals surface area contributed by atoms with Crippen LogP contribution in [0, 0.1) is 19.7 Å². The molecule has 0 heterocycles. The lowest BCUT2D eigenvalue weighted by atomic mass is 10.0. The molecule has 1 atom stereocenters. The minimum atomic E-state index is -3.88. The number of hydrogen-bond acceptors (Lipinski definition) is 4. The topological polar surface area (TPSA) is 86.8 Å². The Morgan fingerprint density at radius 2 is 1.56 bits per heavy atom. The molecule has 39 heavy (non-hydrogen) atoms. The smallest absolute Gasteiger partial charge is 0.244 e. The van der Waals surface area contributed by atoms with Gasteiger partial charge in [-0.25, -0.2) is 12.8 Å². The van der Waals surface area contributed by atoms with Crippen LogP contribution in [0.15, 0.2) is 72.8 Å². The normalized spacial score (nSPS) is 12.2. The number of hydrogen-bond donors (Lipinski definition) is 1. The van der Waals surface area contributed by atoms with Gasteiger partial charge in [0, 0.05) is 24.6 Å². The number of amides is 2. The van der Waals surface area contributed by atoms with Crippen molar-refractivity contribution in [3.63, 3.8) is 0 Å². The van der Waals surface area contributed by atoms with Gasteiger partial charge in [0.25, 0.3) is 0 Å². The van der Waals surface area contributed by atoms with E-state index in [-0.39, 0.29) is 24.6 Å². The molecule has 208 valence electrons. The summed E-state index contributed by atoms with van der Waals surface area (Å²) in [5.74, 6) is -1.55. The van der Waals surface area contributed by atoms with Crippen LogP contribution in [0.3, 0.4) is 0 Å². The summed E-state index contributed by atoms with van der Waals surface area (Å²) >= 11 is 0. The first-order valence-corrected chi connectivity index (χ1v) is 14.6. The molecular formula is C30H36FN3O4S. The predicted molar refractivity (Wildman–Crippen MR) is 152 cm³/mol. The van der Waals surface area contributed by atoms with Crippen LogP contribution in [-0.2, 0) is 32.6 Å². The summed E-state index contributed by atoms with van der Waals surface area (Å²) in [4.78, 5) is 28.8. The lowest BCUT2D eigenvalue weighted by Crippen LogP contribution is -2.54. The van der Waals surface area contributed by atoms with Gasteiger partial charge in [-0.3, -0.25) is 13.9 Å². The van der Waals surface area contributed by atoms with Gasteiger partial charge in [-0.15, -0.1) is 0 Å². The van der Waals surface area contributed by atoms with E-state index in [4.69, 9.17) is 0 Å². The molecule has 0 radical (unpaired) electrons. The number of rotatable bonds is 11. The van der Waals surface area contributed by atoms with Crippen LogP contribution >= 0.6 is 0 Å². The van der Waals surface area contributed by atoms with Gasteiger partial charge in [0.1, 0.15) is 18.4 Å². The fourth-order valence-corrected chi connectivity index (χ4v) is 5.25. The Bertz CT molecular complexity index is 1410. The van der Waals surface area contributed by atoms with Gasteiger partial charge in [0.05, 0.1) is 11.9 Å². The monoisotopic (exact) mass is 553 g/mol. The molecule has 3 aromatic carbocycles. The predicted octanol–water partition coefficient (Wildman–Crippen LogP) is 4.37. The molecule has 2 amide bonds. The molecule has 0 fully saturated rings. The zero-order chi connectivity index (χ0) is 28.7. The highest BCUT2D eigenvalue weighted by Gasteiger charge is 2.34. The average Bonchev–Trinajstić information content (AvgIpc) is 2.87. The first-order valence-electron chi connectivity index (χ1n) is 12.8. The number of benzene rings is 3. The van der Waals surface area contributed by atoms with E-state index >= 15 is 0 Å². The van der Waals surface area contributed by atoms with Crippen molar-refractivity contribution < 1.29 is 22.4 Å². The van der Waals surface area contributed by atoms with E-state index in [0.717, 1.165) is 27.3 Å². The van der Waals surface area contributed by atoms with Crippen LogP contribution in [0.4, 0.5) is 10.1 Å². The third-order valence-corrected chi connectivity index (χ3v) is 7.65. The fourth-order valence-electron chi connectivity index (χ4n) is 4.35. The highest BCUT2D eigenvalue weighted by Crippen LogP contribution is 2.26. The second-order valence-corrected chi connectivity index (χ2v) is 11.9. The van der Waals surface area contributed by atoms with Crippen molar-refractivity contribution in [3.05, 3.63) is 101 Å². The van der Waals surface area contributed by atoms with Gasteiger partial charge in [-0.1, -0.05) is 60.7 Å². The van der Waals surface area contributed by atoms with Crippen LogP contribution in [0.2, 0.25) is 0 Å². The molecule has 0 spiro atoms. The van der Waals surface area contributed by atoms with Crippen LogP contribution in [0.1, 0.15) is 36.1 Å². The number of carbonyl (C=O) groups excluding carboxylic acids is 2. The van der Waals surface area contributed by atoms with Gasteiger partial charge in [0.2, 0.25) is 21.8 Å². The summed E-state index contributed by atoms with van der Waals surface area (Å²) in [6.07, 6.45) is 1.21. The maximum Gasteiger partial charge on any atom is 0.244 e. The Hall–Kier alpha value is -3.72. The van der Waals surface area contributed by atoms with Crippen molar-refractivity contribution in [2.45, 2.75) is 52.7 Å². The number of halogens is 1. The van der Waals surface area contributed by atoms with E-state index in [2.05, 4.69) is 5.32 Å². The van der Waals surface area contributed by atoms with E-state index in [1.54, 1.807) is 37.3 Å². The third kappa shape index (κ3) is 7.89. The van der Waals surface area contributed by atoms with Gasteiger partial charge < -0.3 is 10.2 Å². The third-order valence-electron chi connectivity index (χ3n) is 6.52. The van der Waals surface area contributed by atoms with Crippen molar-refractivity contribution in [3.8, 4) is 0 Å². The molecule has 0 aliphatic heterocycles. The van der Waals surface area contributed by atoms with E-state index in [9.17, 15) is 22.4 Å². The molecule has 1 N–H and O–H groups in total. The maximum atomic E-state index is 14.8. The van der Waals surface area contributed by atoms with Crippen LogP contribution in [0.5, 0.6) is 0 Å². The summed E-state index contributed by atoms with van der Waals surface area (Å²) in [5, 5.41) is 2.87. The highest BCUT2D eigenvalue weighted by molar-refractivity contribution is 7.92. The minimum absolute atomic E-state index is 0.169. The van der Waals surface area contributed by atoms with Gasteiger partial charge in [-0.05, 0) is 56.5 Å². The molecule has 0 saturated heterocycles. The molecule has 0 aromatic heterocycles. The number of nitrogens with one attached hydrogen (secondary N) is 1. The molecule has 3 aromatic rings. The number of carbonyl (C=O) groups is 2. The lowest BCUT2D eigenvalue weighted by molar-refractivity contribution is -0.140. The minimum Gasteiger partial charge on any atom is -0.352 e. The van der Waals surface area contributed by atoms with Crippen molar-refractivity contribution in [2.24, 2.45) is 0 Å². The van der Waals surface area contributed by atoms with Crippen LogP contribution in [0.25, 0.3) is 0 Å². The molecule has 0 saturated carbocycles. The van der Waals surface area contributed by atoms with E-state index in [0.29, 0.717) is 5.69 Å². The summed E-state index contributed by atoms with van der Waals surface area (Å²) in [6.45, 7) is 6.52. The molecular weight excluding hydrogens is 517 g/mol. The highest BCUT2D eigenvalue weighted by atomic mass is 32.2. The van der Waals surface area contributed by atoms with Crippen molar-refractivity contribution in [1.82, 2.24) is 10.2 Å². The Morgan fingerprint density at radius 3 is 2.18 bits per heavy atom. The molecule has 7 nitrogen and oxygen atoms in total. The fraction of sp³-hybridized carbons (Fsp3) is 0.333. The first kappa shape index (κ1) is 29.8. The zero-order valence-electron chi connectivity index (χ0n) is 23.0. The van der Waals surface area contributed by atoms with Crippen molar-refractivity contribution in [1.29, 1.82) is 0 Å². The molecule has 0 aliphatic carbocycles. The Labute approximate surface area is 230 Å². The number of aryl methyl sites for hydroxylation is 1.